The maximum absolute atomic E-state index is 14.4. The van der Waals surface area contributed by atoms with E-state index >= 15 is 0 Å². The van der Waals surface area contributed by atoms with Crippen LogP contribution < -0.4 is 0 Å². The molecule has 6 aliphatic heterocycles. The lowest BCUT2D eigenvalue weighted by Gasteiger charge is -2.56. The second-order valence-electron chi connectivity index (χ2n) is 14.6. The van der Waals surface area contributed by atoms with Crippen molar-refractivity contribution in [2.45, 2.75) is 118 Å². The summed E-state index contributed by atoms with van der Waals surface area (Å²) in [7, 11) is 0. The van der Waals surface area contributed by atoms with Crippen molar-refractivity contribution in [3.63, 3.8) is 0 Å². The number of rotatable bonds is 1. The first-order valence-electron chi connectivity index (χ1n) is 14.8. The quantitative estimate of drug-likeness (QED) is 0.207. The molecular weight excluding hydrogens is 556 g/mol. The molecule has 3 spiro atoms. The predicted octanol–water partition coefficient (Wildman–Crippen LogP) is -1.32. The summed E-state index contributed by atoms with van der Waals surface area (Å²) in [4.78, 5) is 54.0. The minimum absolute atomic E-state index is 0.0624. The molecule has 230 valence electrons. The van der Waals surface area contributed by atoms with E-state index in [1.54, 1.807) is 6.92 Å². The number of ether oxygens (including phenoxy) is 5. The van der Waals surface area contributed by atoms with E-state index in [1.165, 1.54) is 13.8 Å². The van der Waals surface area contributed by atoms with Gasteiger partial charge < -0.3 is 44.1 Å². The van der Waals surface area contributed by atoms with Crippen LogP contribution in [0, 0.1) is 29.1 Å². The van der Waals surface area contributed by atoms with Gasteiger partial charge in [0.05, 0.1) is 41.5 Å². The molecule has 13 nitrogen and oxygen atoms in total. The molecule has 0 unspecified atom stereocenters. The molecule has 2 saturated carbocycles. The number of ketones is 2. The van der Waals surface area contributed by atoms with E-state index in [0.29, 0.717) is 6.42 Å². The summed E-state index contributed by atoms with van der Waals surface area (Å²) in [5, 5.41) is 46.8. The van der Waals surface area contributed by atoms with Crippen molar-refractivity contribution >= 4 is 23.5 Å². The Morgan fingerprint density at radius 3 is 2.43 bits per heavy atom. The van der Waals surface area contributed by atoms with E-state index < -0.39 is 117 Å². The predicted molar refractivity (Wildman–Crippen MR) is 133 cm³/mol. The zero-order valence-electron chi connectivity index (χ0n) is 23.8. The van der Waals surface area contributed by atoms with Gasteiger partial charge in [0, 0.05) is 24.7 Å². The first-order valence-corrected chi connectivity index (χ1v) is 14.8. The van der Waals surface area contributed by atoms with Crippen molar-refractivity contribution in [3.05, 3.63) is 0 Å². The fraction of sp³-hybridized carbons (Fsp3) is 0.862. The van der Waals surface area contributed by atoms with Gasteiger partial charge in [-0.05, 0) is 40.5 Å². The summed E-state index contributed by atoms with van der Waals surface area (Å²) >= 11 is 0. The summed E-state index contributed by atoms with van der Waals surface area (Å²) in [6, 6.07) is 0. The van der Waals surface area contributed by atoms with Gasteiger partial charge in [-0.2, -0.15) is 0 Å². The van der Waals surface area contributed by atoms with E-state index in [0.717, 1.165) is 6.92 Å². The Balaban J connectivity index is 1.35. The second kappa shape index (κ2) is 7.44. The Kier molecular flexibility index (Phi) is 4.88. The van der Waals surface area contributed by atoms with Crippen LogP contribution in [-0.4, -0.2) is 109 Å². The highest BCUT2D eigenvalue weighted by atomic mass is 16.8. The summed E-state index contributed by atoms with van der Waals surface area (Å²) in [6.07, 6.45) is -4.93. The highest BCUT2D eigenvalue weighted by molar-refractivity contribution is 6.14. The summed E-state index contributed by atoms with van der Waals surface area (Å²) in [6.45, 7) is 5.35. The molecule has 13 heteroatoms. The highest BCUT2D eigenvalue weighted by Crippen LogP contribution is 2.73. The van der Waals surface area contributed by atoms with Crippen LogP contribution in [-0.2, 0) is 42.9 Å². The third-order valence-corrected chi connectivity index (χ3v) is 12.7. The zero-order chi connectivity index (χ0) is 30.2. The number of aliphatic hydroxyl groups excluding tert-OH is 2. The lowest BCUT2D eigenvalue weighted by molar-refractivity contribution is -0.398. The summed E-state index contributed by atoms with van der Waals surface area (Å²) in [5.41, 5.74) is -11.1. The molecule has 6 saturated heterocycles. The molecule has 2 aliphatic carbocycles. The molecule has 0 radical (unpaired) electrons. The fourth-order valence-electron chi connectivity index (χ4n) is 10.9. The van der Waals surface area contributed by atoms with Gasteiger partial charge in [0.25, 0.3) is 0 Å². The molecule has 15 atom stereocenters. The van der Waals surface area contributed by atoms with Crippen molar-refractivity contribution in [3.8, 4) is 0 Å². The molecule has 0 aromatic heterocycles. The van der Waals surface area contributed by atoms with Crippen LogP contribution in [0.2, 0.25) is 0 Å². The Morgan fingerprint density at radius 2 is 1.74 bits per heavy atom. The van der Waals surface area contributed by atoms with Crippen LogP contribution in [0.15, 0.2) is 0 Å². The number of carbonyl (C=O) groups excluding carboxylic acids is 4. The van der Waals surface area contributed by atoms with Crippen molar-refractivity contribution in [1.82, 2.24) is 0 Å². The molecule has 2 bridgehead atoms. The van der Waals surface area contributed by atoms with Crippen LogP contribution >= 0.6 is 0 Å². The fourth-order valence-corrected chi connectivity index (χ4v) is 10.9. The maximum atomic E-state index is 14.4. The Labute approximate surface area is 240 Å². The number of aliphatic hydroxyl groups is 4. The highest BCUT2D eigenvalue weighted by Gasteiger charge is 2.91. The molecule has 8 rings (SSSR count). The third kappa shape index (κ3) is 2.54. The molecular formula is C29H36O13. The lowest BCUT2D eigenvalue weighted by Crippen LogP contribution is -2.75. The van der Waals surface area contributed by atoms with Gasteiger partial charge in [-0.25, -0.2) is 0 Å². The molecule has 8 fully saturated rings. The van der Waals surface area contributed by atoms with Gasteiger partial charge in [-0.1, -0.05) is 0 Å². The smallest absolute Gasteiger partial charge is 0.311 e. The lowest BCUT2D eigenvalue weighted by atomic mass is 9.58. The molecule has 6 heterocycles. The van der Waals surface area contributed by atoms with Gasteiger partial charge in [0.2, 0.25) is 5.79 Å². The Bertz CT molecular complexity index is 1360. The normalized spacial score (nSPS) is 62.4. The molecule has 0 aromatic rings. The number of hydrogen-bond donors (Lipinski definition) is 4. The monoisotopic (exact) mass is 592 g/mol. The minimum Gasteiger partial charge on any atom is -0.456 e. The average Bonchev–Trinajstić information content (AvgIpc) is 3.49. The largest absolute Gasteiger partial charge is 0.456 e. The Morgan fingerprint density at radius 1 is 1.02 bits per heavy atom. The zero-order valence-corrected chi connectivity index (χ0v) is 23.8. The van der Waals surface area contributed by atoms with Crippen molar-refractivity contribution in [1.29, 1.82) is 0 Å². The SMILES string of the molecule is C[C@H]1C(=O)O[C@@H]2[C@H]1O[C@@]13O[C@]4(CC(=O)[C@@]5(C)C(=O)[C@@](C)(O)[C@]2(O)[C@H]51)C[C@@]12OC(=O)C[C@@H]1O[C@](C)(CO)[C@H]2CC[C@@H]4[C@@H]3O. The van der Waals surface area contributed by atoms with Gasteiger partial charge >= 0.3 is 11.9 Å². The van der Waals surface area contributed by atoms with Crippen LogP contribution in [0.25, 0.3) is 0 Å². The van der Waals surface area contributed by atoms with E-state index in [4.69, 9.17) is 23.7 Å². The van der Waals surface area contributed by atoms with E-state index in [2.05, 4.69) is 0 Å². The van der Waals surface area contributed by atoms with Gasteiger partial charge in [-0.15, -0.1) is 0 Å². The van der Waals surface area contributed by atoms with Crippen LogP contribution in [0.1, 0.15) is 59.8 Å². The number of Topliss-reactive ketones (excluding diaryl/α,β-unsaturated/α-hetero) is 2. The summed E-state index contributed by atoms with van der Waals surface area (Å²) in [5.74, 6) is -8.87. The first-order chi connectivity index (χ1) is 19.5. The molecule has 0 amide bonds. The second-order valence-corrected chi connectivity index (χ2v) is 14.6. The van der Waals surface area contributed by atoms with E-state index in [9.17, 15) is 39.6 Å². The topological polar surface area (TPSA) is 195 Å². The third-order valence-electron chi connectivity index (χ3n) is 12.7. The molecule has 42 heavy (non-hydrogen) atoms. The van der Waals surface area contributed by atoms with Crippen LogP contribution in [0.5, 0.6) is 0 Å². The number of esters is 2. The minimum atomic E-state index is -2.55. The standard InChI is InChI=1S/C29H36O13/c1-11-17-19(38-20(11)34)28(37)21-24(3,22(35)25(28,4)36)14(31)8-26-9-27-13(6-5-12(26)18(33)29(21,41-17)42-26)23(2,10-30)39-15(27)7-16(32)40-27/h11-13,15,17-19,21,30,33,36-37H,5-10H2,1-4H3/t11-,12-,13-,15+,17+,18+,19-,21+,23-,24-,25-,26-,27+,28-,29+/m1/s1. The van der Waals surface area contributed by atoms with E-state index in [-0.39, 0.29) is 25.9 Å². The van der Waals surface area contributed by atoms with Crippen LogP contribution in [0.3, 0.4) is 0 Å². The van der Waals surface area contributed by atoms with Crippen molar-refractivity contribution in [2.24, 2.45) is 29.1 Å². The number of fused-ring (bicyclic) bond motifs is 2. The molecule has 0 aromatic carbocycles. The maximum Gasteiger partial charge on any atom is 0.311 e. The van der Waals surface area contributed by atoms with Gasteiger partial charge in [0.1, 0.15) is 35.3 Å². The number of hydrogen-bond acceptors (Lipinski definition) is 13. The first kappa shape index (κ1) is 27.5. The van der Waals surface area contributed by atoms with E-state index in [1.807, 2.05) is 0 Å². The van der Waals surface area contributed by atoms with Crippen LogP contribution in [0.4, 0.5) is 0 Å². The van der Waals surface area contributed by atoms with Crippen molar-refractivity contribution < 1.29 is 63.3 Å². The molecule has 4 N–H and O–H groups in total. The van der Waals surface area contributed by atoms with Gasteiger partial charge in [-0.3, -0.25) is 19.2 Å². The summed E-state index contributed by atoms with van der Waals surface area (Å²) < 4.78 is 31.2. The van der Waals surface area contributed by atoms with Crippen molar-refractivity contribution in [2.75, 3.05) is 6.61 Å². The molecule has 8 aliphatic rings. The number of carbonyl (C=O) groups is 4. The van der Waals surface area contributed by atoms with Gasteiger partial charge in [0.15, 0.2) is 17.5 Å². The average molecular weight is 593 g/mol. The Hall–Kier alpha value is -2.00.